The summed E-state index contributed by atoms with van der Waals surface area (Å²) in [4.78, 5) is 19.9. The molecule has 2 aliphatic heterocycles. The molecule has 6 heteroatoms. The molecule has 0 radical (unpaired) electrons. The van der Waals surface area contributed by atoms with Crippen molar-refractivity contribution in [2.45, 2.75) is 38.8 Å². The average molecular weight is 422 g/mol. The maximum absolute atomic E-state index is 13.6. The van der Waals surface area contributed by atoms with Gasteiger partial charge < -0.3 is 14.6 Å². The number of aromatic amines is 1. The van der Waals surface area contributed by atoms with E-state index in [1.165, 1.54) is 11.6 Å². The molecule has 0 saturated carbocycles. The van der Waals surface area contributed by atoms with Crippen LogP contribution in [0.2, 0.25) is 0 Å². The van der Waals surface area contributed by atoms with Crippen molar-refractivity contribution in [1.29, 1.82) is 0 Å². The van der Waals surface area contributed by atoms with Crippen molar-refractivity contribution in [2.24, 2.45) is 0 Å². The lowest BCUT2D eigenvalue weighted by Crippen LogP contribution is -2.44. The van der Waals surface area contributed by atoms with Gasteiger partial charge in [-0.1, -0.05) is 6.92 Å². The van der Waals surface area contributed by atoms with E-state index in [0.717, 1.165) is 65.7 Å². The van der Waals surface area contributed by atoms with Crippen molar-refractivity contribution in [2.75, 3.05) is 26.7 Å². The molecule has 5 nitrogen and oxygen atoms in total. The Labute approximate surface area is 181 Å². The summed E-state index contributed by atoms with van der Waals surface area (Å²) in [5, 5.41) is 0.974. The summed E-state index contributed by atoms with van der Waals surface area (Å²) >= 11 is 0. The number of nitrogens with one attached hydrogen (secondary N) is 1. The molecule has 1 aromatic heterocycles. The molecule has 1 N–H and O–H groups in total. The largest absolute Gasteiger partial charge is 0.492 e. The number of aromatic nitrogens is 1. The number of nitrogens with zero attached hydrogens (tertiary/aromatic N) is 2. The number of carbonyl (C=O) groups excluding carboxylic acids is 1. The van der Waals surface area contributed by atoms with Crippen molar-refractivity contribution in [3.8, 4) is 5.75 Å². The molecule has 2 aromatic carbocycles. The molecule has 0 aliphatic carbocycles. The summed E-state index contributed by atoms with van der Waals surface area (Å²) in [5.74, 6) is 0.829. The molecule has 2 aliphatic rings. The van der Waals surface area contributed by atoms with Crippen molar-refractivity contribution < 1.29 is 13.9 Å². The number of likely N-dealkylation sites (N-methyl/N-ethyl adjacent to an activating group) is 1. The molecule has 3 heterocycles. The Morgan fingerprint density at radius 2 is 2.13 bits per heavy atom. The molecule has 1 unspecified atom stereocenters. The van der Waals surface area contributed by atoms with Crippen LogP contribution in [-0.4, -0.2) is 53.5 Å². The van der Waals surface area contributed by atoms with Crippen molar-refractivity contribution in [1.82, 2.24) is 14.8 Å². The first-order valence-electron chi connectivity index (χ1n) is 11.1. The molecule has 31 heavy (non-hydrogen) atoms. The zero-order chi connectivity index (χ0) is 21.5. The molecule has 1 atom stereocenters. The second-order valence-electron chi connectivity index (χ2n) is 8.63. The van der Waals surface area contributed by atoms with E-state index in [1.807, 2.05) is 25.4 Å². The maximum atomic E-state index is 13.6. The summed E-state index contributed by atoms with van der Waals surface area (Å²) in [7, 11) is 1.85. The third-order valence-electron chi connectivity index (χ3n) is 6.78. The molecule has 5 rings (SSSR count). The Morgan fingerprint density at radius 1 is 1.26 bits per heavy atom. The molecule has 0 spiro atoms. The summed E-state index contributed by atoms with van der Waals surface area (Å²) in [6.45, 7) is 5.41. The number of fused-ring (bicyclic) bond motifs is 4. The van der Waals surface area contributed by atoms with E-state index in [4.69, 9.17) is 4.74 Å². The van der Waals surface area contributed by atoms with Crippen LogP contribution in [0.1, 0.15) is 40.4 Å². The Morgan fingerprint density at radius 3 is 2.97 bits per heavy atom. The summed E-state index contributed by atoms with van der Waals surface area (Å²) in [5.41, 5.74) is 5.29. The van der Waals surface area contributed by atoms with Gasteiger partial charge in [-0.05, 0) is 73.8 Å². The van der Waals surface area contributed by atoms with Crippen LogP contribution in [0, 0.1) is 5.82 Å². The number of carbonyl (C=O) groups is 1. The molecule has 0 bridgehead atoms. The lowest BCUT2D eigenvalue weighted by atomic mass is 9.94. The normalized spacial score (nSPS) is 17.9. The lowest BCUT2D eigenvalue weighted by molar-refractivity contribution is 0.0816. The maximum Gasteiger partial charge on any atom is 0.254 e. The van der Waals surface area contributed by atoms with Crippen LogP contribution in [0.15, 0.2) is 36.5 Å². The topological polar surface area (TPSA) is 48.6 Å². The highest BCUT2D eigenvalue weighted by molar-refractivity contribution is 5.99. The van der Waals surface area contributed by atoms with E-state index in [-0.39, 0.29) is 11.7 Å². The molecule has 162 valence electrons. The highest BCUT2D eigenvalue weighted by Crippen LogP contribution is 2.35. The van der Waals surface area contributed by atoms with Gasteiger partial charge in [0.05, 0.1) is 0 Å². The van der Waals surface area contributed by atoms with Crippen LogP contribution in [0.25, 0.3) is 10.9 Å². The fraction of sp³-hybridized carbons (Fsp3) is 0.400. The van der Waals surface area contributed by atoms with Gasteiger partial charge in [-0.25, -0.2) is 4.39 Å². The summed E-state index contributed by atoms with van der Waals surface area (Å²) in [6, 6.07) is 9.05. The molecule has 0 saturated heterocycles. The summed E-state index contributed by atoms with van der Waals surface area (Å²) < 4.78 is 19.8. The Hall–Kier alpha value is -2.86. The second kappa shape index (κ2) is 8.00. The van der Waals surface area contributed by atoms with Gasteiger partial charge in [0.2, 0.25) is 0 Å². The van der Waals surface area contributed by atoms with Crippen LogP contribution in [0.4, 0.5) is 4.39 Å². The first-order valence-corrected chi connectivity index (χ1v) is 11.1. The van der Waals surface area contributed by atoms with Crippen molar-refractivity contribution in [3.63, 3.8) is 0 Å². The number of aryl methyl sites for hydroxylation is 1. The Bertz CT molecular complexity index is 1140. The fourth-order valence-corrected chi connectivity index (χ4v) is 5.07. The third kappa shape index (κ3) is 3.59. The van der Waals surface area contributed by atoms with Crippen molar-refractivity contribution in [3.05, 3.63) is 64.6 Å². The van der Waals surface area contributed by atoms with Gasteiger partial charge in [0.15, 0.2) is 0 Å². The SMILES string of the molecule is CCN(CCCc1c[nH]c2ccc(F)cc12)C1COc2ccc3c(c2C1)CN(C)C3=O. The molecule has 0 fully saturated rings. The van der Waals surface area contributed by atoms with Crippen molar-refractivity contribution >= 4 is 16.8 Å². The highest BCUT2D eigenvalue weighted by Gasteiger charge is 2.33. The number of halogens is 1. The quantitative estimate of drug-likeness (QED) is 0.651. The van der Waals surface area contributed by atoms with E-state index in [9.17, 15) is 9.18 Å². The minimum atomic E-state index is -0.196. The van der Waals surface area contributed by atoms with Gasteiger partial charge >= 0.3 is 0 Å². The number of ether oxygens (including phenoxy) is 1. The number of amides is 1. The lowest BCUT2D eigenvalue weighted by Gasteiger charge is -2.35. The smallest absolute Gasteiger partial charge is 0.254 e. The standard InChI is InChI=1S/C25H28FN3O2/c1-3-29(10-4-5-16-13-27-23-8-6-17(26)11-20(16)23)18-12-21-22-14-28(2)25(30)19(22)7-9-24(21)31-15-18/h6-9,11,13,18,27H,3-5,10,12,14-15H2,1-2H3. The minimum absolute atomic E-state index is 0.0995. The second-order valence-corrected chi connectivity index (χ2v) is 8.63. The van der Waals surface area contributed by atoms with E-state index < -0.39 is 0 Å². The van der Waals surface area contributed by atoms with Crippen LogP contribution in [-0.2, 0) is 19.4 Å². The highest BCUT2D eigenvalue weighted by atomic mass is 19.1. The fourth-order valence-electron chi connectivity index (χ4n) is 5.07. The Kier molecular flexibility index (Phi) is 5.18. The van der Waals surface area contributed by atoms with Gasteiger partial charge in [0.1, 0.15) is 18.2 Å². The third-order valence-corrected chi connectivity index (χ3v) is 6.78. The minimum Gasteiger partial charge on any atom is -0.492 e. The number of hydrogen-bond acceptors (Lipinski definition) is 3. The number of benzene rings is 2. The molecule has 3 aromatic rings. The molecular weight excluding hydrogens is 393 g/mol. The predicted molar refractivity (Wildman–Crippen MR) is 119 cm³/mol. The number of hydrogen-bond donors (Lipinski definition) is 1. The first kappa shape index (κ1) is 20.1. The number of rotatable bonds is 6. The van der Waals surface area contributed by atoms with E-state index in [1.54, 1.807) is 17.0 Å². The van der Waals surface area contributed by atoms with Gasteiger partial charge in [-0.3, -0.25) is 9.69 Å². The van der Waals surface area contributed by atoms with Crippen LogP contribution in [0.5, 0.6) is 5.75 Å². The monoisotopic (exact) mass is 421 g/mol. The van der Waals surface area contributed by atoms with Gasteiger partial charge in [-0.2, -0.15) is 0 Å². The zero-order valence-electron chi connectivity index (χ0n) is 18.1. The van der Waals surface area contributed by atoms with Crippen LogP contribution in [0.3, 0.4) is 0 Å². The van der Waals surface area contributed by atoms with Crippen LogP contribution < -0.4 is 4.74 Å². The first-order chi connectivity index (χ1) is 15.0. The van der Waals surface area contributed by atoms with Gasteiger partial charge in [0, 0.05) is 47.9 Å². The van der Waals surface area contributed by atoms with E-state index in [0.29, 0.717) is 19.2 Å². The zero-order valence-corrected chi connectivity index (χ0v) is 18.1. The average Bonchev–Trinajstić information content (AvgIpc) is 3.31. The number of H-pyrrole nitrogens is 1. The van der Waals surface area contributed by atoms with Crippen LogP contribution >= 0.6 is 0 Å². The van der Waals surface area contributed by atoms with Gasteiger partial charge in [-0.15, -0.1) is 0 Å². The van der Waals surface area contributed by atoms with Gasteiger partial charge in [0.25, 0.3) is 5.91 Å². The van der Waals surface area contributed by atoms with E-state index >= 15 is 0 Å². The van der Waals surface area contributed by atoms with E-state index in [2.05, 4.69) is 16.8 Å². The predicted octanol–water partition coefficient (Wildman–Crippen LogP) is 4.15. The summed E-state index contributed by atoms with van der Waals surface area (Å²) in [6.07, 6.45) is 4.80. The Balaban J connectivity index is 1.27. The molecule has 1 amide bonds. The molecular formula is C25H28FN3O2.